The van der Waals surface area contributed by atoms with Gasteiger partial charge in [0.15, 0.2) is 0 Å². The van der Waals surface area contributed by atoms with Crippen LogP contribution in [0.4, 0.5) is 0 Å². The largest absolute Gasteiger partial charge is 0.491 e. The zero-order valence-electron chi connectivity index (χ0n) is 8.50. The second-order valence-corrected chi connectivity index (χ2v) is 5.11. The highest BCUT2D eigenvalue weighted by Crippen LogP contribution is 2.27. The van der Waals surface area contributed by atoms with E-state index in [4.69, 9.17) is 4.74 Å². The minimum Gasteiger partial charge on any atom is -0.491 e. The van der Waals surface area contributed by atoms with Crippen LogP contribution in [0.3, 0.4) is 0 Å². The summed E-state index contributed by atoms with van der Waals surface area (Å²) in [7, 11) is 0. The Hall–Kier alpha value is -0.150. The molecular formula is C11H15BrOS. The number of rotatable bonds is 5. The minimum atomic E-state index is 0.442. The molecule has 0 aliphatic rings. The SMILES string of the molecule is CCC(Br)COc1ccccc1SC. The molecule has 0 heterocycles. The Labute approximate surface area is 98.4 Å². The van der Waals surface area contributed by atoms with Crippen molar-refractivity contribution >= 4 is 27.7 Å². The molecule has 0 bridgehead atoms. The fraction of sp³-hybridized carbons (Fsp3) is 0.455. The molecule has 1 unspecified atom stereocenters. The second-order valence-electron chi connectivity index (χ2n) is 2.97. The van der Waals surface area contributed by atoms with Crippen molar-refractivity contribution < 1.29 is 4.74 Å². The first kappa shape index (κ1) is 11.9. The lowest BCUT2D eigenvalue weighted by atomic mass is 10.3. The van der Waals surface area contributed by atoms with Gasteiger partial charge in [0.2, 0.25) is 0 Å². The summed E-state index contributed by atoms with van der Waals surface area (Å²) >= 11 is 5.26. The van der Waals surface area contributed by atoms with Gasteiger partial charge in [0.1, 0.15) is 12.4 Å². The Morgan fingerprint density at radius 1 is 1.43 bits per heavy atom. The Morgan fingerprint density at radius 2 is 2.14 bits per heavy atom. The third-order valence-corrected chi connectivity index (χ3v) is 3.62. The van der Waals surface area contributed by atoms with E-state index < -0.39 is 0 Å². The van der Waals surface area contributed by atoms with Gasteiger partial charge in [-0.05, 0) is 24.8 Å². The third-order valence-electron chi connectivity index (χ3n) is 1.93. The van der Waals surface area contributed by atoms with Crippen LogP contribution in [0.5, 0.6) is 5.75 Å². The molecule has 0 spiro atoms. The first-order chi connectivity index (χ1) is 6.77. The summed E-state index contributed by atoms with van der Waals surface area (Å²) in [5.74, 6) is 0.984. The molecule has 0 fully saturated rings. The number of para-hydroxylation sites is 1. The molecule has 0 saturated carbocycles. The number of halogens is 1. The Morgan fingerprint density at radius 3 is 2.79 bits per heavy atom. The molecule has 0 aliphatic heterocycles. The molecule has 1 aromatic carbocycles. The van der Waals surface area contributed by atoms with Crippen LogP contribution >= 0.6 is 27.7 Å². The van der Waals surface area contributed by atoms with Crippen LogP contribution in [0.25, 0.3) is 0 Å². The van der Waals surface area contributed by atoms with Crippen LogP contribution in [0, 0.1) is 0 Å². The number of benzene rings is 1. The maximum atomic E-state index is 5.71. The molecule has 0 saturated heterocycles. The van der Waals surface area contributed by atoms with Crippen LogP contribution in [-0.2, 0) is 0 Å². The van der Waals surface area contributed by atoms with Crippen molar-refractivity contribution in [1.29, 1.82) is 0 Å². The van der Waals surface area contributed by atoms with Crippen molar-refractivity contribution in [3.63, 3.8) is 0 Å². The van der Waals surface area contributed by atoms with E-state index in [2.05, 4.69) is 35.2 Å². The monoisotopic (exact) mass is 274 g/mol. The summed E-state index contributed by atoms with van der Waals surface area (Å²) in [6.45, 7) is 2.87. The fourth-order valence-electron chi connectivity index (χ4n) is 1.04. The molecule has 1 atom stereocenters. The lowest BCUT2D eigenvalue weighted by Crippen LogP contribution is -2.10. The van der Waals surface area contributed by atoms with Crippen molar-refractivity contribution in [2.24, 2.45) is 0 Å². The van der Waals surface area contributed by atoms with E-state index in [9.17, 15) is 0 Å². The van der Waals surface area contributed by atoms with Gasteiger partial charge in [-0.1, -0.05) is 35.0 Å². The zero-order valence-corrected chi connectivity index (χ0v) is 10.9. The summed E-state index contributed by atoms with van der Waals surface area (Å²) in [4.78, 5) is 1.64. The molecule has 0 aromatic heterocycles. The highest BCUT2D eigenvalue weighted by atomic mass is 79.9. The van der Waals surface area contributed by atoms with Crippen LogP contribution in [0.2, 0.25) is 0 Å². The van der Waals surface area contributed by atoms with Gasteiger partial charge in [0, 0.05) is 9.72 Å². The van der Waals surface area contributed by atoms with Crippen molar-refractivity contribution in [1.82, 2.24) is 0 Å². The topological polar surface area (TPSA) is 9.23 Å². The van der Waals surface area contributed by atoms with Gasteiger partial charge in [-0.2, -0.15) is 0 Å². The quantitative estimate of drug-likeness (QED) is 0.594. The van der Waals surface area contributed by atoms with Gasteiger partial charge >= 0.3 is 0 Å². The van der Waals surface area contributed by atoms with Gasteiger partial charge in [-0.25, -0.2) is 0 Å². The normalized spacial score (nSPS) is 12.5. The molecule has 0 amide bonds. The maximum Gasteiger partial charge on any atom is 0.132 e. The first-order valence-electron chi connectivity index (χ1n) is 4.67. The molecule has 3 heteroatoms. The van der Waals surface area contributed by atoms with E-state index >= 15 is 0 Å². The number of alkyl halides is 1. The summed E-state index contributed by atoms with van der Waals surface area (Å²) in [6.07, 6.45) is 3.15. The average Bonchev–Trinajstić information content (AvgIpc) is 2.26. The smallest absolute Gasteiger partial charge is 0.132 e. The van der Waals surface area contributed by atoms with E-state index in [1.54, 1.807) is 11.8 Å². The number of ether oxygens (including phenoxy) is 1. The lowest BCUT2D eigenvalue weighted by Gasteiger charge is -2.12. The number of hydrogen-bond donors (Lipinski definition) is 0. The van der Waals surface area contributed by atoms with Gasteiger partial charge in [-0.15, -0.1) is 11.8 Å². The summed E-state index contributed by atoms with van der Waals surface area (Å²) in [5, 5.41) is 0. The Kier molecular flexibility index (Phi) is 5.41. The summed E-state index contributed by atoms with van der Waals surface area (Å²) in [6, 6.07) is 8.13. The number of hydrogen-bond acceptors (Lipinski definition) is 2. The van der Waals surface area contributed by atoms with E-state index in [1.165, 1.54) is 4.90 Å². The van der Waals surface area contributed by atoms with Crippen molar-refractivity contribution in [2.75, 3.05) is 12.9 Å². The van der Waals surface area contributed by atoms with E-state index in [0.717, 1.165) is 18.8 Å². The maximum absolute atomic E-state index is 5.71. The second kappa shape index (κ2) is 6.36. The number of thioether (sulfide) groups is 1. The molecule has 0 aliphatic carbocycles. The fourth-order valence-corrected chi connectivity index (χ4v) is 1.71. The van der Waals surface area contributed by atoms with Gasteiger partial charge in [0.25, 0.3) is 0 Å². The van der Waals surface area contributed by atoms with E-state index in [1.807, 2.05) is 18.2 Å². The molecule has 1 nitrogen and oxygen atoms in total. The molecular weight excluding hydrogens is 260 g/mol. The van der Waals surface area contributed by atoms with Crippen molar-refractivity contribution in [2.45, 2.75) is 23.1 Å². The first-order valence-corrected chi connectivity index (χ1v) is 6.81. The lowest BCUT2D eigenvalue weighted by molar-refractivity contribution is 0.310. The Balaban J connectivity index is 2.57. The van der Waals surface area contributed by atoms with Crippen molar-refractivity contribution in [3.8, 4) is 5.75 Å². The van der Waals surface area contributed by atoms with E-state index in [0.29, 0.717) is 4.83 Å². The highest BCUT2D eigenvalue weighted by Gasteiger charge is 2.04. The highest BCUT2D eigenvalue weighted by molar-refractivity contribution is 9.09. The predicted molar refractivity (Wildman–Crippen MR) is 66.7 cm³/mol. The minimum absolute atomic E-state index is 0.442. The molecule has 0 radical (unpaired) electrons. The van der Waals surface area contributed by atoms with Crippen LogP contribution in [0.1, 0.15) is 13.3 Å². The summed E-state index contributed by atoms with van der Waals surface area (Å²) < 4.78 is 5.71. The van der Waals surface area contributed by atoms with Gasteiger partial charge in [-0.3, -0.25) is 0 Å². The third kappa shape index (κ3) is 3.54. The molecule has 78 valence electrons. The zero-order chi connectivity index (χ0) is 10.4. The predicted octanol–water partition coefficient (Wildman–Crippen LogP) is 3.96. The molecule has 0 N–H and O–H groups in total. The molecule has 1 aromatic rings. The van der Waals surface area contributed by atoms with Crippen LogP contribution in [-0.4, -0.2) is 17.7 Å². The van der Waals surface area contributed by atoms with E-state index in [-0.39, 0.29) is 0 Å². The molecule has 1 rings (SSSR count). The summed E-state index contributed by atoms with van der Waals surface area (Å²) in [5.41, 5.74) is 0. The van der Waals surface area contributed by atoms with Crippen LogP contribution < -0.4 is 4.74 Å². The molecule has 14 heavy (non-hydrogen) atoms. The average molecular weight is 275 g/mol. The van der Waals surface area contributed by atoms with Gasteiger partial charge < -0.3 is 4.74 Å². The van der Waals surface area contributed by atoms with Crippen molar-refractivity contribution in [3.05, 3.63) is 24.3 Å². The van der Waals surface area contributed by atoms with Gasteiger partial charge in [0.05, 0.1) is 0 Å². The van der Waals surface area contributed by atoms with Crippen LogP contribution in [0.15, 0.2) is 29.2 Å². The Bertz CT molecular complexity index is 278. The standard InChI is InChI=1S/C11H15BrOS/c1-3-9(12)8-13-10-6-4-5-7-11(10)14-2/h4-7,9H,3,8H2,1-2H3.